The number of hydrogen-bond acceptors (Lipinski definition) is 4. The number of carbonyl (C=O) groups excluding carboxylic acids is 2. The Morgan fingerprint density at radius 3 is 2.32 bits per heavy atom. The van der Waals surface area contributed by atoms with Crippen LogP contribution in [0.15, 0.2) is 70.5 Å². The molecule has 0 radical (unpaired) electrons. The first-order chi connectivity index (χ1) is 13.3. The Bertz CT molecular complexity index is 1270. The van der Waals surface area contributed by atoms with E-state index in [0.29, 0.717) is 10.7 Å². The number of ketones is 1. The highest BCUT2D eigenvalue weighted by Gasteiger charge is 2.35. The fraction of sp³-hybridized carbons (Fsp3) is 0. The average molecular weight is 432 g/mol. The lowest BCUT2D eigenvalue weighted by atomic mass is 10.0. The van der Waals surface area contributed by atoms with E-state index in [1.807, 2.05) is 0 Å². The Labute approximate surface area is 170 Å². The van der Waals surface area contributed by atoms with Crippen molar-refractivity contribution >= 4 is 50.4 Å². The summed E-state index contributed by atoms with van der Waals surface area (Å²) in [6.45, 7) is 0. The van der Waals surface area contributed by atoms with Gasteiger partial charge >= 0.3 is 0 Å². The van der Waals surface area contributed by atoms with Crippen molar-refractivity contribution in [3.05, 3.63) is 87.4 Å². The predicted molar refractivity (Wildman–Crippen MR) is 106 cm³/mol. The number of hydrogen-bond donors (Lipinski definition) is 1. The topological polar surface area (TPSA) is 80.3 Å². The van der Waals surface area contributed by atoms with E-state index < -0.39 is 21.5 Å². The van der Waals surface area contributed by atoms with Gasteiger partial charge in [-0.3, -0.25) is 9.59 Å². The SMILES string of the molecule is O=C(Nc1ccc(Cl)cc1Cl)c1ccc2c(c1)S(=O)(=O)c1ccccc1C2=O. The number of anilines is 1. The molecule has 1 aliphatic rings. The zero-order valence-electron chi connectivity index (χ0n) is 14.1. The lowest BCUT2D eigenvalue weighted by Crippen LogP contribution is -2.21. The molecule has 0 aromatic heterocycles. The van der Waals surface area contributed by atoms with E-state index in [4.69, 9.17) is 23.2 Å². The molecule has 0 saturated carbocycles. The van der Waals surface area contributed by atoms with E-state index in [1.54, 1.807) is 18.2 Å². The standard InChI is InChI=1S/C20H11Cl2NO4S/c21-12-6-8-16(15(22)10-12)23-20(25)11-5-7-14-18(9-11)28(26,27)17-4-2-1-3-13(17)19(14)24/h1-10H,(H,23,25). The summed E-state index contributed by atoms with van der Waals surface area (Å²) >= 11 is 11.9. The minimum Gasteiger partial charge on any atom is -0.321 e. The van der Waals surface area contributed by atoms with Gasteiger partial charge in [-0.1, -0.05) is 35.3 Å². The number of halogens is 2. The highest BCUT2D eigenvalue weighted by molar-refractivity contribution is 7.91. The molecule has 0 spiro atoms. The quantitative estimate of drug-likeness (QED) is 0.501. The van der Waals surface area contributed by atoms with Crippen LogP contribution in [0.2, 0.25) is 10.0 Å². The summed E-state index contributed by atoms with van der Waals surface area (Å²) in [5, 5.41) is 3.27. The second-order valence-corrected chi connectivity index (χ2v) is 8.85. The van der Waals surface area contributed by atoms with Crippen molar-refractivity contribution in [2.24, 2.45) is 0 Å². The Morgan fingerprint density at radius 2 is 1.57 bits per heavy atom. The van der Waals surface area contributed by atoms with Crippen molar-refractivity contribution in [2.45, 2.75) is 9.79 Å². The zero-order chi connectivity index (χ0) is 20.1. The van der Waals surface area contributed by atoms with Crippen LogP contribution in [0.25, 0.3) is 0 Å². The van der Waals surface area contributed by atoms with Crippen LogP contribution in [0, 0.1) is 0 Å². The van der Waals surface area contributed by atoms with Crippen molar-refractivity contribution < 1.29 is 18.0 Å². The molecular weight excluding hydrogens is 421 g/mol. The Balaban J connectivity index is 1.76. The molecule has 0 fully saturated rings. The molecule has 0 saturated heterocycles. The van der Waals surface area contributed by atoms with Gasteiger partial charge in [0.1, 0.15) is 0 Å². The van der Waals surface area contributed by atoms with Gasteiger partial charge in [-0.2, -0.15) is 0 Å². The van der Waals surface area contributed by atoms with E-state index >= 15 is 0 Å². The third kappa shape index (κ3) is 2.99. The van der Waals surface area contributed by atoms with E-state index in [9.17, 15) is 18.0 Å². The molecule has 140 valence electrons. The van der Waals surface area contributed by atoms with Crippen molar-refractivity contribution in [1.29, 1.82) is 0 Å². The van der Waals surface area contributed by atoms with Crippen LogP contribution in [0.3, 0.4) is 0 Å². The molecule has 5 nitrogen and oxygen atoms in total. The van der Waals surface area contributed by atoms with Crippen LogP contribution in [0.5, 0.6) is 0 Å². The number of benzene rings is 3. The predicted octanol–water partition coefficient (Wildman–Crippen LogP) is 4.62. The van der Waals surface area contributed by atoms with Crippen LogP contribution in [-0.4, -0.2) is 20.1 Å². The van der Waals surface area contributed by atoms with E-state index in [-0.39, 0.29) is 31.5 Å². The van der Waals surface area contributed by atoms with Gasteiger partial charge in [0.15, 0.2) is 5.78 Å². The molecule has 0 unspecified atom stereocenters. The number of nitrogens with one attached hydrogen (secondary N) is 1. The minimum atomic E-state index is -3.92. The Kier molecular flexibility index (Phi) is 4.50. The number of sulfone groups is 1. The molecule has 0 aliphatic carbocycles. The number of rotatable bonds is 2. The first kappa shape index (κ1) is 18.7. The first-order valence-electron chi connectivity index (χ1n) is 8.08. The smallest absolute Gasteiger partial charge is 0.255 e. The summed E-state index contributed by atoms with van der Waals surface area (Å²) in [5.41, 5.74) is 0.582. The highest BCUT2D eigenvalue weighted by Crippen LogP contribution is 2.35. The molecule has 1 aliphatic heterocycles. The lowest BCUT2D eigenvalue weighted by molar-refractivity contribution is 0.101. The maximum atomic E-state index is 12.9. The number of fused-ring (bicyclic) bond motifs is 2. The second kappa shape index (κ2) is 6.74. The highest BCUT2D eigenvalue weighted by atomic mass is 35.5. The third-order valence-corrected chi connectivity index (χ3v) is 6.78. The Morgan fingerprint density at radius 1 is 0.857 bits per heavy atom. The Hall–Kier alpha value is -2.67. The number of amides is 1. The molecule has 0 bridgehead atoms. The average Bonchev–Trinajstić information content (AvgIpc) is 2.68. The van der Waals surface area contributed by atoms with Gasteiger partial charge in [0, 0.05) is 21.7 Å². The van der Waals surface area contributed by atoms with Gasteiger partial charge in [0.25, 0.3) is 5.91 Å². The monoisotopic (exact) mass is 431 g/mol. The molecule has 3 aromatic carbocycles. The van der Waals surface area contributed by atoms with Gasteiger partial charge in [-0.15, -0.1) is 0 Å². The van der Waals surface area contributed by atoms with Crippen LogP contribution >= 0.6 is 23.2 Å². The fourth-order valence-corrected chi connectivity index (χ4v) is 5.14. The van der Waals surface area contributed by atoms with Gasteiger partial charge < -0.3 is 5.32 Å². The van der Waals surface area contributed by atoms with Gasteiger partial charge in [0.05, 0.1) is 20.5 Å². The summed E-state index contributed by atoms with van der Waals surface area (Å²) in [5.74, 6) is -0.957. The summed E-state index contributed by atoms with van der Waals surface area (Å²) in [7, 11) is -3.92. The molecule has 4 rings (SSSR count). The molecule has 1 N–H and O–H groups in total. The lowest BCUT2D eigenvalue weighted by Gasteiger charge is -2.19. The van der Waals surface area contributed by atoms with Crippen molar-refractivity contribution in [2.75, 3.05) is 5.32 Å². The van der Waals surface area contributed by atoms with Crippen molar-refractivity contribution in [3.63, 3.8) is 0 Å². The van der Waals surface area contributed by atoms with Crippen LogP contribution in [-0.2, 0) is 9.84 Å². The molecule has 28 heavy (non-hydrogen) atoms. The maximum absolute atomic E-state index is 12.9. The summed E-state index contributed by atoms with van der Waals surface area (Å²) < 4.78 is 25.9. The fourth-order valence-electron chi connectivity index (χ4n) is 3.01. The van der Waals surface area contributed by atoms with Gasteiger partial charge in [-0.05, 0) is 48.5 Å². The summed E-state index contributed by atoms with van der Waals surface area (Å²) in [6.07, 6.45) is 0. The minimum absolute atomic E-state index is 0.0415. The first-order valence-corrected chi connectivity index (χ1v) is 10.3. The second-order valence-electron chi connectivity index (χ2n) is 6.12. The van der Waals surface area contributed by atoms with Crippen molar-refractivity contribution in [1.82, 2.24) is 0 Å². The molecule has 8 heteroatoms. The van der Waals surface area contributed by atoms with Crippen molar-refractivity contribution in [3.8, 4) is 0 Å². The largest absolute Gasteiger partial charge is 0.321 e. The van der Waals surface area contributed by atoms with Crippen LogP contribution in [0.4, 0.5) is 5.69 Å². The van der Waals surface area contributed by atoms with Gasteiger partial charge in [-0.25, -0.2) is 8.42 Å². The molecule has 0 atom stereocenters. The summed E-state index contributed by atoms with van der Waals surface area (Å²) in [4.78, 5) is 25.0. The normalized spacial score (nSPS) is 14.1. The van der Waals surface area contributed by atoms with Crippen LogP contribution < -0.4 is 5.32 Å². The molecule has 1 amide bonds. The van der Waals surface area contributed by atoms with Crippen LogP contribution in [0.1, 0.15) is 26.3 Å². The zero-order valence-corrected chi connectivity index (χ0v) is 16.4. The summed E-state index contributed by atoms with van der Waals surface area (Å²) in [6, 6.07) is 14.6. The van der Waals surface area contributed by atoms with E-state index in [2.05, 4.69) is 5.32 Å². The molecular formula is C20H11Cl2NO4S. The molecule has 1 heterocycles. The number of carbonyl (C=O) groups is 2. The maximum Gasteiger partial charge on any atom is 0.255 e. The molecule has 3 aromatic rings. The van der Waals surface area contributed by atoms with E-state index in [0.717, 1.165) is 0 Å². The third-order valence-electron chi connectivity index (χ3n) is 4.38. The van der Waals surface area contributed by atoms with Gasteiger partial charge in [0.2, 0.25) is 9.84 Å². The van der Waals surface area contributed by atoms with E-state index in [1.165, 1.54) is 42.5 Å².